The highest BCUT2D eigenvalue weighted by Crippen LogP contribution is 2.20. The van der Waals surface area contributed by atoms with Gasteiger partial charge < -0.3 is 10.1 Å². The third-order valence-corrected chi connectivity index (χ3v) is 4.17. The Morgan fingerprint density at radius 2 is 2.04 bits per heavy atom. The van der Waals surface area contributed by atoms with Gasteiger partial charge in [-0.3, -0.25) is 0 Å². The summed E-state index contributed by atoms with van der Waals surface area (Å²) in [5.41, 5.74) is 0.687. The molecule has 24 heavy (non-hydrogen) atoms. The molecule has 1 saturated carbocycles. The maximum absolute atomic E-state index is 12.3. The number of aryl methyl sites for hydroxylation is 1. The van der Waals surface area contributed by atoms with Gasteiger partial charge in [-0.15, -0.1) is 0 Å². The number of carbonyl (C=O) groups is 1. The summed E-state index contributed by atoms with van der Waals surface area (Å²) < 4.78 is 29.6. The van der Waals surface area contributed by atoms with Crippen LogP contribution >= 0.6 is 0 Å². The van der Waals surface area contributed by atoms with Crippen molar-refractivity contribution in [2.45, 2.75) is 58.4 Å². The molecule has 0 spiro atoms. The highest BCUT2D eigenvalue weighted by atomic mass is 19.3. The van der Waals surface area contributed by atoms with Gasteiger partial charge in [-0.25, -0.2) is 14.8 Å². The van der Waals surface area contributed by atoms with E-state index in [-0.39, 0.29) is 24.2 Å². The van der Waals surface area contributed by atoms with Gasteiger partial charge in [0.2, 0.25) is 5.95 Å². The normalized spacial score (nSPS) is 15.0. The van der Waals surface area contributed by atoms with Crippen molar-refractivity contribution in [1.82, 2.24) is 9.97 Å². The molecule has 0 bridgehead atoms. The number of esters is 1. The Hall–Kier alpha value is -2.05. The van der Waals surface area contributed by atoms with Gasteiger partial charge in [-0.05, 0) is 32.3 Å². The van der Waals surface area contributed by atoms with Crippen LogP contribution < -0.4 is 5.32 Å². The van der Waals surface area contributed by atoms with E-state index in [9.17, 15) is 13.6 Å². The van der Waals surface area contributed by atoms with E-state index < -0.39 is 12.0 Å². The van der Waals surface area contributed by atoms with Crippen molar-refractivity contribution >= 4 is 11.9 Å². The topological polar surface area (TPSA) is 64.1 Å². The number of hydrogen-bond donors (Lipinski definition) is 1. The molecule has 0 aliphatic heterocycles. The number of hydrogen-bond acceptors (Lipinski definition) is 5. The number of rotatable bonds is 6. The molecule has 1 fully saturated rings. The highest BCUT2D eigenvalue weighted by Gasteiger charge is 2.17. The quantitative estimate of drug-likeness (QED) is 0.785. The molecule has 0 atom stereocenters. The average molecular weight is 339 g/mol. The lowest BCUT2D eigenvalue weighted by Crippen LogP contribution is -2.24. The summed E-state index contributed by atoms with van der Waals surface area (Å²) in [7, 11) is 0. The second-order valence-corrected chi connectivity index (χ2v) is 6.10. The van der Waals surface area contributed by atoms with Crippen LogP contribution in [0.3, 0.4) is 0 Å². The summed E-state index contributed by atoms with van der Waals surface area (Å²) in [5, 5.41) is 3.29. The monoisotopic (exact) mass is 339 g/mol. The van der Waals surface area contributed by atoms with Crippen LogP contribution in [0.25, 0.3) is 0 Å². The Labute approximate surface area is 140 Å². The molecule has 0 aromatic carbocycles. The highest BCUT2D eigenvalue weighted by molar-refractivity contribution is 5.90. The first kappa shape index (κ1) is 18.3. The molecule has 7 heteroatoms. The van der Waals surface area contributed by atoms with Crippen molar-refractivity contribution in [2.24, 2.45) is 0 Å². The molecule has 2 rings (SSSR count). The molecule has 0 saturated heterocycles. The van der Waals surface area contributed by atoms with Gasteiger partial charge >= 0.3 is 5.97 Å². The van der Waals surface area contributed by atoms with E-state index in [1.165, 1.54) is 32.4 Å². The summed E-state index contributed by atoms with van der Waals surface area (Å²) >= 11 is 0. The zero-order chi connectivity index (χ0) is 17.5. The van der Waals surface area contributed by atoms with Crippen LogP contribution in [0.2, 0.25) is 0 Å². The van der Waals surface area contributed by atoms with Crippen molar-refractivity contribution in [3.05, 3.63) is 29.1 Å². The van der Waals surface area contributed by atoms with Gasteiger partial charge in [-0.2, -0.15) is 8.78 Å². The van der Waals surface area contributed by atoms with Crippen molar-refractivity contribution in [3.8, 4) is 0 Å². The Morgan fingerprint density at radius 1 is 1.33 bits per heavy atom. The maximum atomic E-state index is 12.3. The van der Waals surface area contributed by atoms with Crippen molar-refractivity contribution in [1.29, 1.82) is 0 Å². The fourth-order valence-electron chi connectivity index (χ4n) is 2.64. The molecule has 1 aromatic heterocycles. The molecule has 0 unspecified atom stereocenters. The zero-order valence-electron chi connectivity index (χ0n) is 14.1. The van der Waals surface area contributed by atoms with Crippen LogP contribution in [0.1, 0.15) is 61.5 Å². The van der Waals surface area contributed by atoms with Crippen molar-refractivity contribution in [3.63, 3.8) is 0 Å². The summed E-state index contributed by atoms with van der Waals surface area (Å²) in [6, 6.07) is 0.376. The number of ether oxygens (including phenoxy) is 1. The lowest BCUT2D eigenvalue weighted by Gasteiger charge is -2.22. The van der Waals surface area contributed by atoms with Crippen LogP contribution in [-0.4, -0.2) is 28.6 Å². The first-order valence-corrected chi connectivity index (χ1v) is 8.25. The van der Waals surface area contributed by atoms with E-state index in [0.717, 1.165) is 12.8 Å². The van der Waals surface area contributed by atoms with Crippen LogP contribution in [0, 0.1) is 6.92 Å². The predicted octanol–water partition coefficient (Wildman–Crippen LogP) is 4.25. The predicted molar refractivity (Wildman–Crippen MR) is 87.1 cm³/mol. The van der Waals surface area contributed by atoms with Gasteiger partial charge in [0.05, 0.1) is 17.9 Å². The van der Waals surface area contributed by atoms with Crippen LogP contribution in [0.15, 0.2) is 17.9 Å². The largest absolute Gasteiger partial charge is 0.462 e. The van der Waals surface area contributed by atoms with E-state index in [1.807, 2.05) is 0 Å². The van der Waals surface area contributed by atoms with Gasteiger partial charge in [0.25, 0.3) is 6.08 Å². The van der Waals surface area contributed by atoms with Gasteiger partial charge in [0, 0.05) is 18.7 Å². The van der Waals surface area contributed by atoms with Crippen molar-refractivity contribution < 1.29 is 18.3 Å². The second kappa shape index (κ2) is 8.70. The zero-order valence-corrected chi connectivity index (χ0v) is 14.1. The molecule has 0 amide bonds. The second-order valence-electron chi connectivity index (χ2n) is 6.10. The third kappa shape index (κ3) is 5.25. The molecule has 5 nitrogen and oxygen atoms in total. The molecule has 1 heterocycles. The molecule has 1 aromatic rings. The molecule has 1 aliphatic rings. The van der Waals surface area contributed by atoms with E-state index in [2.05, 4.69) is 15.3 Å². The molecular weight excluding hydrogens is 316 g/mol. The SMILES string of the molecule is CC(CCOC(=O)c1cnc(NC2CCCCC2)nc1C)=C(F)F. The molecule has 1 aliphatic carbocycles. The summed E-state index contributed by atoms with van der Waals surface area (Å²) in [6.45, 7) is 2.92. The summed E-state index contributed by atoms with van der Waals surface area (Å²) in [6.07, 6.45) is 5.58. The molecule has 1 N–H and O–H groups in total. The fraction of sp³-hybridized carbons (Fsp3) is 0.588. The van der Waals surface area contributed by atoms with Crippen LogP contribution in [0.5, 0.6) is 0 Å². The average Bonchev–Trinajstić information content (AvgIpc) is 2.55. The van der Waals surface area contributed by atoms with E-state index in [1.54, 1.807) is 6.92 Å². The van der Waals surface area contributed by atoms with Crippen LogP contribution in [0.4, 0.5) is 14.7 Å². The van der Waals surface area contributed by atoms with Gasteiger partial charge in [-0.1, -0.05) is 19.3 Å². The minimum atomic E-state index is -1.73. The standard InChI is InChI=1S/C17H23F2N3O2/c1-11(15(18)19)8-9-24-16(23)14-10-20-17(21-12(14)2)22-13-6-4-3-5-7-13/h10,13H,3-9H2,1-2H3,(H,20,21,22). The Bertz CT molecular complexity index is 610. The molecule has 132 valence electrons. The minimum absolute atomic E-state index is 0.00922. The number of aromatic nitrogens is 2. The number of nitrogens with one attached hydrogen (secondary N) is 1. The number of halogens is 2. The Balaban J connectivity index is 1.91. The summed E-state index contributed by atoms with van der Waals surface area (Å²) in [5.74, 6) is -0.0852. The maximum Gasteiger partial charge on any atom is 0.341 e. The first-order chi connectivity index (χ1) is 11.5. The Kier molecular flexibility index (Phi) is 6.63. The minimum Gasteiger partial charge on any atom is -0.462 e. The van der Waals surface area contributed by atoms with Gasteiger partial charge in [0.1, 0.15) is 0 Å². The van der Waals surface area contributed by atoms with E-state index >= 15 is 0 Å². The number of carbonyl (C=O) groups excluding carboxylic acids is 1. The van der Waals surface area contributed by atoms with E-state index in [4.69, 9.17) is 4.74 Å². The smallest absolute Gasteiger partial charge is 0.341 e. The molecular formula is C17H23F2N3O2. The third-order valence-electron chi connectivity index (χ3n) is 4.17. The van der Waals surface area contributed by atoms with Crippen LogP contribution in [-0.2, 0) is 4.74 Å². The summed E-state index contributed by atoms with van der Waals surface area (Å²) in [4.78, 5) is 20.5. The number of nitrogens with zero attached hydrogens (tertiary/aromatic N) is 2. The Morgan fingerprint density at radius 3 is 2.67 bits per heavy atom. The van der Waals surface area contributed by atoms with Crippen molar-refractivity contribution in [2.75, 3.05) is 11.9 Å². The number of anilines is 1. The van der Waals surface area contributed by atoms with Gasteiger partial charge in [0.15, 0.2) is 0 Å². The lowest BCUT2D eigenvalue weighted by atomic mass is 9.96. The fourth-order valence-corrected chi connectivity index (χ4v) is 2.64. The molecule has 0 radical (unpaired) electrons. The first-order valence-electron chi connectivity index (χ1n) is 8.25. The lowest BCUT2D eigenvalue weighted by molar-refractivity contribution is 0.0506. The van der Waals surface area contributed by atoms with E-state index in [0.29, 0.717) is 17.7 Å².